The van der Waals surface area contributed by atoms with Gasteiger partial charge in [0.25, 0.3) is 0 Å². The Morgan fingerprint density at radius 2 is 2.14 bits per heavy atom. The molecular weight excluding hydrogens is 337 g/mol. The molecule has 8 heteroatoms. The van der Waals surface area contributed by atoms with Crippen LogP contribution in [0.1, 0.15) is 16.0 Å². The molecule has 0 amide bonds. The van der Waals surface area contributed by atoms with Gasteiger partial charge in [0.05, 0.1) is 16.5 Å². The first-order chi connectivity index (χ1) is 9.85. The highest BCUT2D eigenvalue weighted by Gasteiger charge is 2.22. The Hall–Kier alpha value is -0.990. The Bertz CT molecular complexity index is 759. The molecule has 0 bridgehead atoms. The number of aliphatic hydroxyl groups excluding tert-OH is 1. The van der Waals surface area contributed by atoms with E-state index in [1.807, 2.05) is 0 Å². The van der Waals surface area contributed by atoms with Gasteiger partial charge < -0.3 is 5.11 Å². The number of halogens is 2. The van der Waals surface area contributed by atoms with Gasteiger partial charge in [0, 0.05) is 6.54 Å². The van der Waals surface area contributed by atoms with Crippen LogP contribution in [0.2, 0.25) is 5.02 Å². The summed E-state index contributed by atoms with van der Waals surface area (Å²) < 4.78 is 40.1. The minimum atomic E-state index is -3.75. The molecule has 2 aromatic rings. The van der Waals surface area contributed by atoms with Gasteiger partial charge in [-0.3, -0.25) is 0 Å². The zero-order valence-corrected chi connectivity index (χ0v) is 13.4. The fraction of sp³-hybridized carbons (Fsp3) is 0.231. The third kappa shape index (κ3) is 3.61. The molecule has 0 fully saturated rings. The molecule has 114 valence electrons. The van der Waals surface area contributed by atoms with Crippen molar-refractivity contribution in [3.8, 4) is 0 Å². The second-order valence-electron chi connectivity index (χ2n) is 4.40. The summed E-state index contributed by atoms with van der Waals surface area (Å²) in [4.78, 5) is 0.486. The molecule has 0 saturated carbocycles. The number of rotatable bonds is 5. The van der Waals surface area contributed by atoms with Crippen molar-refractivity contribution < 1.29 is 17.9 Å². The van der Waals surface area contributed by atoms with Gasteiger partial charge in [0.2, 0.25) is 10.0 Å². The molecule has 1 heterocycles. The second-order valence-corrected chi connectivity index (χ2v) is 7.48. The lowest BCUT2D eigenvalue weighted by Crippen LogP contribution is -2.24. The monoisotopic (exact) mass is 349 g/mol. The Morgan fingerprint density at radius 1 is 1.43 bits per heavy atom. The highest BCUT2D eigenvalue weighted by Crippen LogP contribution is 2.27. The highest BCUT2D eigenvalue weighted by atomic mass is 35.5. The van der Waals surface area contributed by atoms with E-state index in [4.69, 9.17) is 11.6 Å². The van der Waals surface area contributed by atoms with Crippen molar-refractivity contribution in [2.75, 3.05) is 0 Å². The predicted octanol–water partition coefficient (Wildman–Crippen LogP) is 2.82. The third-order valence-corrected chi connectivity index (χ3v) is 5.99. The standard InChI is InChI=1S/C13H13ClFNO3S2/c1-8-7-20-12(6-17)13(8)21(18,19)16-5-9-2-3-11(15)10(14)4-9/h2-4,7,16-17H,5-6H2,1H3. The average molecular weight is 350 g/mol. The second kappa shape index (κ2) is 6.41. The summed E-state index contributed by atoms with van der Waals surface area (Å²) in [6, 6.07) is 4.00. The van der Waals surface area contributed by atoms with Gasteiger partial charge in [-0.25, -0.2) is 17.5 Å². The van der Waals surface area contributed by atoms with Gasteiger partial charge in [0.15, 0.2) is 0 Å². The molecule has 4 nitrogen and oxygen atoms in total. The van der Waals surface area contributed by atoms with E-state index < -0.39 is 15.8 Å². The van der Waals surface area contributed by atoms with Gasteiger partial charge >= 0.3 is 0 Å². The van der Waals surface area contributed by atoms with Crippen LogP contribution >= 0.6 is 22.9 Å². The Morgan fingerprint density at radius 3 is 2.76 bits per heavy atom. The van der Waals surface area contributed by atoms with Crippen LogP contribution in [0.3, 0.4) is 0 Å². The molecule has 0 aliphatic rings. The quantitative estimate of drug-likeness (QED) is 0.872. The van der Waals surface area contributed by atoms with Crippen molar-refractivity contribution in [3.05, 3.63) is 50.4 Å². The lowest BCUT2D eigenvalue weighted by atomic mass is 10.2. The molecule has 0 spiro atoms. The molecular formula is C13H13ClFNO3S2. The first-order valence-corrected chi connectivity index (χ1v) is 8.70. The maximum atomic E-state index is 13.1. The normalized spacial score (nSPS) is 11.8. The number of hydrogen-bond acceptors (Lipinski definition) is 4. The van der Waals surface area contributed by atoms with Crippen molar-refractivity contribution in [1.82, 2.24) is 4.72 Å². The Kier molecular flexibility index (Phi) is 5.00. The van der Waals surface area contributed by atoms with E-state index in [2.05, 4.69) is 4.72 Å². The van der Waals surface area contributed by atoms with E-state index in [0.717, 1.165) is 0 Å². The average Bonchev–Trinajstić information content (AvgIpc) is 2.82. The smallest absolute Gasteiger partial charge is 0.242 e. The van der Waals surface area contributed by atoms with E-state index in [0.29, 0.717) is 16.0 Å². The highest BCUT2D eigenvalue weighted by molar-refractivity contribution is 7.89. The summed E-state index contributed by atoms with van der Waals surface area (Å²) >= 11 is 6.84. The molecule has 2 N–H and O–H groups in total. The number of benzene rings is 1. The van der Waals surface area contributed by atoms with Crippen LogP contribution in [0.15, 0.2) is 28.5 Å². The van der Waals surface area contributed by atoms with Crippen molar-refractivity contribution in [2.45, 2.75) is 25.0 Å². The van der Waals surface area contributed by atoms with Crippen LogP contribution < -0.4 is 4.72 Å². The minimum Gasteiger partial charge on any atom is -0.391 e. The molecule has 0 radical (unpaired) electrons. The maximum absolute atomic E-state index is 13.1. The lowest BCUT2D eigenvalue weighted by Gasteiger charge is -2.09. The van der Waals surface area contributed by atoms with Gasteiger partial charge in [-0.15, -0.1) is 11.3 Å². The summed E-state index contributed by atoms with van der Waals surface area (Å²) in [5.74, 6) is -0.556. The van der Waals surface area contributed by atoms with E-state index >= 15 is 0 Å². The third-order valence-electron chi connectivity index (χ3n) is 2.85. The van der Waals surface area contributed by atoms with E-state index in [1.54, 1.807) is 12.3 Å². The maximum Gasteiger partial charge on any atom is 0.242 e. The van der Waals surface area contributed by atoms with Crippen molar-refractivity contribution >= 4 is 33.0 Å². The topological polar surface area (TPSA) is 66.4 Å². The van der Waals surface area contributed by atoms with Crippen molar-refractivity contribution in [2.24, 2.45) is 0 Å². The van der Waals surface area contributed by atoms with Gasteiger partial charge in [-0.1, -0.05) is 17.7 Å². The van der Waals surface area contributed by atoms with Crippen LogP contribution in [-0.2, 0) is 23.2 Å². The summed E-state index contributed by atoms with van der Waals surface area (Å²) in [6.07, 6.45) is 0. The van der Waals surface area contributed by atoms with Crippen LogP contribution in [0, 0.1) is 12.7 Å². The summed E-state index contributed by atoms with van der Waals surface area (Å²) in [5, 5.41) is 10.8. The molecule has 1 aromatic heterocycles. The number of nitrogens with one attached hydrogen (secondary N) is 1. The summed E-state index contributed by atoms with van der Waals surface area (Å²) in [5.41, 5.74) is 1.12. The van der Waals surface area contributed by atoms with Gasteiger partial charge in [0.1, 0.15) is 10.7 Å². The van der Waals surface area contributed by atoms with E-state index in [-0.39, 0.29) is 23.1 Å². The summed E-state index contributed by atoms with van der Waals surface area (Å²) in [7, 11) is -3.75. The first-order valence-electron chi connectivity index (χ1n) is 5.96. The molecule has 21 heavy (non-hydrogen) atoms. The molecule has 0 aliphatic carbocycles. The molecule has 0 aliphatic heterocycles. The van der Waals surface area contributed by atoms with Crippen LogP contribution in [0.5, 0.6) is 0 Å². The molecule has 0 unspecified atom stereocenters. The molecule has 0 atom stereocenters. The fourth-order valence-corrected chi connectivity index (χ4v) is 4.74. The van der Waals surface area contributed by atoms with Crippen molar-refractivity contribution in [3.63, 3.8) is 0 Å². The number of sulfonamides is 1. The van der Waals surface area contributed by atoms with Crippen LogP contribution in [-0.4, -0.2) is 13.5 Å². The number of thiophene rings is 1. The van der Waals surface area contributed by atoms with E-state index in [1.165, 1.54) is 29.5 Å². The van der Waals surface area contributed by atoms with Crippen LogP contribution in [0.4, 0.5) is 4.39 Å². The lowest BCUT2D eigenvalue weighted by molar-refractivity contribution is 0.282. The predicted molar refractivity (Wildman–Crippen MR) is 80.4 cm³/mol. The van der Waals surface area contributed by atoms with Gasteiger partial charge in [-0.05, 0) is 35.6 Å². The van der Waals surface area contributed by atoms with Crippen LogP contribution in [0.25, 0.3) is 0 Å². The van der Waals surface area contributed by atoms with Gasteiger partial charge in [-0.2, -0.15) is 0 Å². The largest absolute Gasteiger partial charge is 0.391 e. The Labute approximate surface area is 131 Å². The Balaban J connectivity index is 2.21. The van der Waals surface area contributed by atoms with E-state index in [9.17, 15) is 17.9 Å². The number of hydrogen-bond donors (Lipinski definition) is 2. The molecule has 2 rings (SSSR count). The zero-order valence-electron chi connectivity index (χ0n) is 11.1. The summed E-state index contributed by atoms with van der Waals surface area (Å²) in [6.45, 7) is 1.32. The first kappa shape index (κ1) is 16.4. The number of aryl methyl sites for hydroxylation is 1. The van der Waals surface area contributed by atoms with Crippen molar-refractivity contribution in [1.29, 1.82) is 0 Å². The molecule has 0 saturated heterocycles. The minimum absolute atomic E-state index is 0.0114. The SMILES string of the molecule is Cc1csc(CO)c1S(=O)(=O)NCc1ccc(F)c(Cl)c1. The zero-order chi connectivity index (χ0) is 15.6. The number of aliphatic hydroxyl groups is 1. The molecule has 1 aromatic carbocycles. The fourth-order valence-electron chi connectivity index (χ4n) is 1.86.